The van der Waals surface area contributed by atoms with Crippen LogP contribution in [0.1, 0.15) is 43.3 Å². The van der Waals surface area contributed by atoms with E-state index in [0.29, 0.717) is 17.1 Å². The van der Waals surface area contributed by atoms with Crippen molar-refractivity contribution in [3.8, 4) is 50.6 Å². The molecular weight excluding hydrogens is 979 g/mol. The number of pyridine rings is 1. The second kappa shape index (κ2) is 17.7. The fraction of sp³-hybridized carbons (Fsp3) is 0.179. The summed E-state index contributed by atoms with van der Waals surface area (Å²) in [5, 5.41) is 3.27. The number of para-hydroxylation sites is 2. The number of furan rings is 1. The Bertz CT molecular complexity index is 3190. The molecule has 0 atom stereocenters. The van der Waals surface area contributed by atoms with E-state index in [-0.39, 0.29) is 25.5 Å². The second-order valence-corrected chi connectivity index (χ2v) is 23.5. The zero-order valence-electron chi connectivity index (χ0n) is 37.8. The quantitative estimate of drug-likeness (QED) is 0.123. The number of hydrogen-bond acceptors (Lipinski definition) is 5. The molecular formula is C56H51IrN5OSi-2. The molecule has 0 aliphatic carbocycles. The summed E-state index contributed by atoms with van der Waals surface area (Å²) in [6.07, 6.45) is 3.88. The number of aryl methyl sites for hydroxylation is 3. The first-order chi connectivity index (χ1) is 30.2. The molecule has 6 nitrogen and oxygen atoms in total. The van der Waals surface area contributed by atoms with Crippen molar-refractivity contribution >= 4 is 46.4 Å². The molecule has 10 aromatic rings. The number of rotatable bonds is 6. The Morgan fingerprint density at radius 1 is 0.672 bits per heavy atom. The maximum atomic E-state index is 6.54. The first kappa shape index (κ1) is 44.3. The average molecular weight is 1030 g/mol. The normalized spacial score (nSPS) is 11.7. The maximum absolute atomic E-state index is 6.54. The molecule has 0 amide bonds. The van der Waals surface area contributed by atoms with Gasteiger partial charge in [-0.2, -0.15) is 4.98 Å². The first-order valence-electron chi connectivity index (χ1n) is 21.5. The predicted molar refractivity (Wildman–Crippen MR) is 263 cm³/mol. The van der Waals surface area contributed by atoms with E-state index < -0.39 is 8.07 Å². The van der Waals surface area contributed by atoms with Gasteiger partial charge in [0.2, 0.25) is 5.71 Å². The summed E-state index contributed by atoms with van der Waals surface area (Å²) < 4.78 is 8.85. The molecule has 0 unspecified atom stereocenters. The zero-order valence-corrected chi connectivity index (χ0v) is 41.2. The third kappa shape index (κ3) is 8.66. The van der Waals surface area contributed by atoms with Crippen LogP contribution in [0.4, 0.5) is 0 Å². The number of fused-ring (bicyclic) bond motifs is 4. The number of imidazole rings is 1. The van der Waals surface area contributed by atoms with Crippen LogP contribution in [0.3, 0.4) is 0 Å². The van der Waals surface area contributed by atoms with Crippen LogP contribution in [-0.4, -0.2) is 32.6 Å². The van der Waals surface area contributed by atoms with Crippen molar-refractivity contribution in [2.24, 2.45) is 0 Å². The monoisotopic (exact) mass is 1030 g/mol. The van der Waals surface area contributed by atoms with E-state index in [2.05, 4.69) is 201 Å². The average Bonchev–Trinajstić information content (AvgIpc) is 3.86. The Morgan fingerprint density at radius 2 is 1.33 bits per heavy atom. The Hall–Kier alpha value is -6.31. The largest absolute Gasteiger partial charge is 0.486 e. The third-order valence-corrected chi connectivity index (χ3v) is 13.7. The maximum Gasteiger partial charge on any atom is 0.219 e. The smallest absolute Gasteiger partial charge is 0.219 e. The minimum atomic E-state index is -1.24. The van der Waals surface area contributed by atoms with Crippen LogP contribution in [0.15, 0.2) is 150 Å². The molecule has 10 rings (SSSR count). The summed E-state index contributed by atoms with van der Waals surface area (Å²) in [7, 11) is -1.24. The molecule has 0 saturated heterocycles. The van der Waals surface area contributed by atoms with Crippen molar-refractivity contribution in [1.29, 1.82) is 0 Å². The summed E-state index contributed by atoms with van der Waals surface area (Å²) in [6, 6.07) is 53.7. The summed E-state index contributed by atoms with van der Waals surface area (Å²) in [5.41, 5.74) is 15.1. The molecule has 0 spiro atoms. The van der Waals surface area contributed by atoms with Gasteiger partial charge in [-0.05, 0) is 69.6 Å². The van der Waals surface area contributed by atoms with Crippen LogP contribution >= 0.6 is 0 Å². The van der Waals surface area contributed by atoms with E-state index in [1.807, 2.05) is 37.5 Å². The van der Waals surface area contributed by atoms with Crippen LogP contribution in [0.25, 0.3) is 83.7 Å². The first-order valence-corrected chi connectivity index (χ1v) is 25.0. The van der Waals surface area contributed by atoms with E-state index in [0.717, 1.165) is 78.0 Å². The molecule has 64 heavy (non-hydrogen) atoms. The van der Waals surface area contributed by atoms with Crippen molar-refractivity contribution in [3.05, 3.63) is 181 Å². The van der Waals surface area contributed by atoms with Crippen LogP contribution in [0.5, 0.6) is 0 Å². The van der Waals surface area contributed by atoms with Gasteiger partial charge in [0.1, 0.15) is 5.82 Å². The van der Waals surface area contributed by atoms with Crippen LogP contribution < -0.4 is 5.19 Å². The van der Waals surface area contributed by atoms with E-state index in [4.69, 9.17) is 9.40 Å². The second-order valence-electron chi connectivity index (χ2n) is 18.4. The molecule has 4 aromatic heterocycles. The predicted octanol–water partition coefficient (Wildman–Crippen LogP) is 13.8. The van der Waals surface area contributed by atoms with Gasteiger partial charge in [0.25, 0.3) is 0 Å². The van der Waals surface area contributed by atoms with E-state index >= 15 is 0 Å². The van der Waals surface area contributed by atoms with Gasteiger partial charge >= 0.3 is 0 Å². The minimum absolute atomic E-state index is 0. The van der Waals surface area contributed by atoms with Crippen LogP contribution in [0.2, 0.25) is 19.6 Å². The van der Waals surface area contributed by atoms with Gasteiger partial charge in [0, 0.05) is 49.0 Å². The third-order valence-electron chi connectivity index (χ3n) is 11.7. The number of benzene rings is 6. The van der Waals surface area contributed by atoms with Crippen LogP contribution in [0, 0.1) is 32.9 Å². The fourth-order valence-corrected chi connectivity index (χ4v) is 9.12. The molecule has 4 heterocycles. The molecule has 0 aliphatic rings. The van der Waals surface area contributed by atoms with Gasteiger partial charge in [-0.3, -0.25) is 4.98 Å². The molecule has 0 saturated carbocycles. The number of nitrogens with zero attached hydrogens (tertiary/aromatic N) is 5. The van der Waals surface area contributed by atoms with Gasteiger partial charge in [-0.25, -0.2) is 4.98 Å². The van der Waals surface area contributed by atoms with E-state index in [9.17, 15) is 0 Å². The van der Waals surface area contributed by atoms with Crippen molar-refractivity contribution in [2.45, 2.75) is 66.6 Å². The Labute approximate surface area is 390 Å². The fourth-order valence-electron chi connectivity index (χ4n) is 8.08. The van der Waals surface area contributed by atoms with Crippen molar-refractivity contribution in [2.75, 3.05) is 0 Å². The topological polar surface area (TPSA) is 69.6 Å². The van der Waals surface area contributed by atoms with Gasteiger partial charge in [0.15, 0.2) is 0 Å². The zero-order chi connectivity index (χ0) is 44.0. The molecule has 0 fully saturated rings. The number of hydrogen-bond donors (Lipinski definition) is 0. The molecule has 6 aromatic carbocycles. The van der Waals surface area contributed by atoms with E-state index in [1.165, 1.54) is 16.3 Å². The Morgan fingerprint density at radius 3 is 1.92 bits per heavy atom. The van der Waals surface area contributed by atoms with Gasteiger partial charge < -0.3 is 14.0 Å². The summed E-state index contributed by atoms with van der Waals surface area (Å²) in [5.74, 6) is 1.42. The van der Waals surface area contributed by atoms with Gasteiger partial charge in [-0.15, -0.1) is 53.1 Å². The van der Waals surface area contributed by atoms with Crippen LogP contribution in [-0.2, 0) is 25.5 Å². The standard InChI is InChI=1S/C41H33N4O.C15H18NSi.Ir/c1-25-20-21-30(38-36(25)33-24-42-26(2)43-40(33)46-38)39-44-34-18-12-13-19-35(34)45(39)37-31(27-14-8-6-9-15-27)22-29(41(3,4)5)23-32(37)28-16-10-7-11-17-28;1-12-5-7-13(8-6-12)15-10-9-14(11-16-15)17(2,3)4;/h6-20,22-24H,1-5H3;5-7,9-11H,1-4H3;/q2*-1;. The molecule has 0 aliphatic heterocycles. The number of aromatic nitrogens is 5. The Kier molecular flexibility index (Phi) is 12.2. The van der Waals surface area contributed by atoms with Gasteiger partial charge in [0.05, 0.1) is 36.2 Å². The molecule has 8 heteroatoms. The minimum Gasteiger partial charge on any atom is -0.486 e. The summed E-state index contributed by atoms with van der Waals surface area (Å²) in [6.45, 7) is 19.8. The van der Waals surface area contributed by atoms with Crippen molar-refractivity contribution in [1.82, 2.24) is 24.5 Å². The molecule has 1 radical (unpaired) electrons. The van der Waals surface area contributed by atoms with Crippen molar-refractivity contribution < 1.29 is 24.5 Å². The van der Waals surface area contributed by atoms with Gasteiger partial charge in [-0.1, -0.05) is 145 Å². The summed E-state index contributed by atoms with van der Waals surface area (Å²) in [4.78, 5) is 19.0. The Balaban J connectivity index is 0.000000262. The van der Waals surface area contributed by atoms with E-state index in [1.54, 1.807) is 0 Å². The molecule has 0 bridgehead atoms. The summed E-state index contributed by atoms with van der Waals surface area (Å²) >= 11 is 0. The van der Waals surface area contributed by atoms with Crippen molar-refractivity contribution in [3.63, 3.8) is 0 Å². The molecule has 321 valence electrons. The molecule has 0 N–H and O–H groups in total. The SMILES string of the molecule is Cc1c[c-]c(-c2ccc([Si](C)(C)C)cn2)cc1.Cc1ncc2c(n1)oc1c(-c3nc4ccccc4n3-c3c(-c4ccccc4)cc(C(C)(C)C)cc3-c3ccccc3)[c-]cc(C)c12.[Ir].